The van der Waals surface area contributed by atoms with Crippen molar-refractivity contribution in [1.82, 2.24) is 9.55 Å². The first-order valence-corrected chi connectivity index (χ1v) is 6.43. The van der Waals surface area contributed by atoms with Gasteiger partial charge in [0.2, 0.25) is 0 Å². The number of carbonyl (C=O) groups is 1. The SMILES string of the molecule is Cc1nc2cccc(C(=O)O)c2n1-c1ccccc1Cl. The molecular formula is C15H11ClN2O2. The van der Waals surface area contributed by atoms with Gasteiger partial charge in [-0.3, -0.25) is 4.57 Å². The highest BCUT2D eigenvalue weighted by molar-refractivity contribution is 6.32. The summed E-state index contributed by atoms with van der Waals surface area (Å²) in [5.41, 5.74) is 2.14. The monoisotopic (exact) mass is 286 g/mol. The van der Waals surface area contributed by atoms with Gasteiger partial charge in [-0.15, -0.1) is 0 Å². The number of aromatic nitrogens is 2. The first-order valence-electron chi connectivity index (χ1n) is 6.06. The van der Waals surface area contributed by atoms with Crippen LogP contribution in [0.3, 0.4) is 0 Å². The Morgan fingerprint density at radius 2 is 1.95 bits per heavy atom. The molecule has 0 aliphatic heterocycles. The highest BCUT2D eigenvalue weighted by Gasteiger charge is 2.17. The van der Waals surface area contributed by atoms with Crippen LogP contribution in [0.25, 0.3) is 16.7 Å². The molecule has 0 atom stereocenters. The van der Waals surface area contributed by atoms with Gasteiger partial charge in [-0.2, -0.15) is 0 Å². The molecule has 0 unspecified atom stereocenters. The van der Waals surface area contributed by atoms with Crippen LogP contribution in [-0.4, -0.2) is 20.6 Å². The first-order chi connectivity index (χ1) is 9.59. The van der Waals surface area contributed by atoms with Crippen LogP contribution in [0.1, 0.15) is 16.2 Å². The van der Waals surface area contributed by atoms with Crippen LogP contribution in [0.5, 0.6) is 0 Å². The highest BCUT2D eigenvalue weighted by atomic mass is 35.5. The highest BCUT2D eigenvalue weighted by Crippen LogP contribution is 2.28. The Kier molecular flexibility index (Phi) is 2.95. The Balaban J connectivity index is 2.44. The summed E-state index contributed by atoms with van der Waals surface area (Å²) in [6.07, 6.45) is 0. The predicted octanol–water partition coefficient (Wildman–Crippen LogP) is 3.69. The third-order valence-electron chi connectivity index (χ3n) is 3.17. The molecule has 0 saturated carbocycles. The molecule has 1 heterocycles. The summed E-state index contributed by atoms with van der Waals surface area (Å²) in [4.78, 5) is 15.8. The summed E-state index contributed by atoms with van der Waals surface area (Å²) >= 11 is 6.22. The summed E-state index contributed by atoms with van der Waals surface area (Å²) < 4.78 is 1.78. The lowest BCUT2D eigenvalue weighted by Gasteiger charge is -2.10. The van der Waals surface area contributed by atoms with E-state index in [4.69, 9.17) is 11.6 Å². The van der Waals surface area contributed by atoms with Crippen LogP contribution < -0.4 is 0 Å². The number of para-hydroxylation sites is 2. The van der Waals surface area contributed by atoms with Gasteiger partial charge in [-0.1, -0.05) is 29.8 Å². The van der Waals surface area contributed by atoms with Gasteiger partial charge in [0.05, 0.1) is 27.3 Å². The van der Waals surface area contributed by atoms with Gasteiger partial charge in [0.1, 0.15) is 5.82 Å². The van der Waals surface area contributed by atoms with E-state index in [0.29, 0.717) is 21.9 Å². The Morgan fingerprint density at radius 1 is 1.20 bits per heavy atom. The quantitative estimate of drug-likeness (QED) is 0.782. The number of benzene rings is 2. The van der Waals surface area contributed by atoms with E-state index >= 15 is 0 Å². The van der Waals surface area contributed by atoms with E-state index in [1.807, 2.05) is 25.1 Å². The Morgan fingerprint density at radius 3 is 2.65 bits per heavy atom. The summed E-state index contributed by atoms with van der Waals surface area (Å²) in [6.45, 7) is 1.83. The lowest BCUT2D eigenvalue weighted by Crippen LogP contribution is -2.03. The molecule has 1 aromatic heterocycles. The third kappa shape index (κ3) is 1.85. The second-order valence-electron chi connectivity index (χ2n) is 4.42. The topological polar surface area (TPSA) is 55.1 Å². The van der Waals surface area contributed by atoms with Crippen LogP contribution in [0.2, 0.25) is 5.02 Å². The Hall–Kier alpha value is -2.33. The van der Waals surface area contributed by atoms with Gasteiger partial charge in [0, 0.05) is 0 Å². The number of aromatic carboxylic acids is 1. The maximum atomic E-state index is 11.4. The van der Waals surface area contributed by atoms with Crippen molar-refractivity contribution in [2.45, 2.75) is 6.92 Å². The van der Waals surface area contributed by atoms with Crippen molar-refractivity contribution in [3.05, 3.63) is 58.9 Å². The molecule has 0 bridgehead atoms. The number of imidazole rings is 1. The lowest BCUT2D eigenvalue weighted by molar-refractivity contribution is 0.0698. The standard InChI is InChI=1S/C15H11ClN2O2/c1-9-17-12-7-4-5-10(15(19)20)14(12)18(9)13-8-3-2-6-11(13)16/h2-8H,1H3,(H,19,20). The average Bonchev–Trinajstić information content (AvgIpc) is 2.75. The van der Waals surface area contributed by atoms with E-state index in [0.717, 1.165) is 5.69 Å². The fourth-order valence-corrected chi connectivity index (χ4v) is 2.56. The molecule has 0 amide bonds. The molecule has 0 aliphatic rings. The minimum absolute atomic E-state index is 0.211. The molecule has 0 radical (unpaired) electrons. The second-order valence-corrected chi connectivity index (χ2v) is 4.83. The smallest absolute Gasteiger partial charge is 0.337 e. The van der Waals surface area contributed by atoms with Crippen molar-refractivity contribution < 1.29 is 9.90 Å². The van der Waals surface area contributed by atoms with E-state index in [-0.39, 0.29) is 5.56 Å². The number of carboxylic acid groups (broad SMARTS) is 1. The van der Waals surface area contributed by atoms with E-state index in [9.17, 15) is 9.90 Å². The molecule has 0 spiro atoms. The molecule has 0 saturated heterocycles. The maximum absolute atomic E-state index is 11.4. The Labute approximate surface area is 120 Å². The molecule has 0 fully saturated rings. The van der Waals surface area contributed by atoms with Gasteiger partial charge in [0.15, 0.2) is 0 Å². The van der Waals surface area contributed by atoms with E-state index in [1.54, 1.807) is 28.8 Å². The molecule has 0 aliphatic carbocycles. The number of halogens is 1. The van der Waals surface area contributed by atoms with E-state index in [2.05, 4.69) is 4.98 Å². The zero-order chi connectivity index (χ0) is 14.3. The predicted molar refractivity (Wildman–Crippen MR) is 77.8 cm³/mol. The van der Waals surface area contributed by atoms with Crippen LogP contribution in [0.4, 0.5) is 0 Å². The zero-order valence-corrected chi connectivity index (χ0v) is 11.4. The van der Waals surface area contributed by atoms with Gasteiger partial charge >= 0.3 is 5.97 Å². The third-order valence-corrected chi connectivity index (χ3v) is 3.49. The van der Waals surface area contributed by atoms with Crippen molar-refractivity contribution in [3.8, 4) is 5.69 Å². The van der Waals surface area contributed by atoms with Gasteiger partial charge < -0.3 is 5.11 Å². The number of nitrogens with zero attached hydrogens (tertiary/aromatic N) is 2. The largest absolute Gasteiger partial charge is 0.478 e. The molecule has 4 nitrogen and oxygen atoms in total. The fourth-order valence-electron chi connectivity index (χ4n) is 2.34. The lowest BCUT2D eigenvalue weighted by atomic mass is 10.1. The molecule has 3 aromatic rings. The Bertz CT molecular complexity index is 824. The van der Waals surface area contributed by atoms with E-state index in [1.165, 1.54) is 0 Å². The molecular weight excluding hydrogens is 276 g/mol. The number of rotatable bonds is 2. The number of aryl methyl sites for hydroxylation is 1. The molecule has 2 aromatic carbocycles. The second kappa shape index (κ2) is 4.65. The van der Waals surface area contributed by atoms with Crippen LogP contribution in [0, 0.1) is 6.92 Å². The van der Waals surface area contributed by atoms with Gasteiger partial charge in [-0.05, 0) is 31.2 Å². The number of hydrogen-bond donors (Lipinski definition) is 1. The van der Waals surface area contributed by atoms with Crippen molar-refractivity contribution in [2.75, 3.05) is 0 Å². The number of hydrogen-bond acceptors (Lipinski definition) is 2. The van der Waals surface area contributed by atoms with Gasteiger partial charge in [0.25, 0.3) is 0 Å². The van der Waals surface area contributed by atoms with Crippen LogP contribution in [-0.2, 0) is 0 Å². The molecule has 20 heavy (non-hydrogen) atoms. The summed E-state index contributed by atoms with van der Waals surface area (Å²) in [7, 11) is 0. The molecule has 100 valence electrons. The number of carboxylic acids is 1. The normalized spacial score (nSPS) is 10.9. The number of fused-ring (bicyclic) bond motifs is 1. The summed E-state index contributed by atoms with van der Waals surface area (Å²) in [5.74, 6) is -0.286. The van der Waals surface area contributed by atoms with Crippen molar-refractivity contribution >= 4 is 28.6 Å². The maximum Gasteiger partial charge on any atom is 0.337 e. The van der Waals surface area contributed by atoms with Crippen molar-refractivity contribution in [2.24, 2.45) is 0 Å². The molecule has 5 heteroatoms. The molecule has 1 N–H and O–H groups in total. The first kappa shape index (κ1) is 12.7. The summed E-state index contributed by atoms with van der Waals surface area (Å²) in [6, 6.07) is 12.4. The van der Waals surface area contributed by atoms with E-state index < -0.39 is 5.97 Å². The summed E-state index contributed by atoms with van der Waals surface area (Å²) in [5, 5.41) is 9.91. The van der Waals surface area contributed by atoms with Crippen LogP contribution >= 0.6 is 11.6 Å². The minimum Gasteiger partial charge on any atom is -0.478 e. The average molecular weight is 287 g/mol. The minimum atomic E-state index is -0.983. The zero-order valence-electron chi connectivity index (χ0n) is 10.7. The molecule has 3 rings (SSSR count). The van der Waals surface area contributed by atoms with Gasteiger partial charge in [-0.25, -0.2) is 9.78 Å². The fraction of sp³-hybridized carbons (Fsp3) is 0.0667. The van der Waals surface area contributed by atoms with Crippen LogP contribution in [0.15, 0.2) is 42.5 Å². The van der Waals surface area contributed by atoms with Crippen molar-refractivity contribution in [3.63, 3.8) is 0 Å². The van der Waals surface area contributed by atoms with Crippen molar-refractivity contribution in [1.29, 1.82) is 0 Å².